The smallest absolute Gasteiger partial charge is 0.270 e. The Morgan fingerprint density at radius 1 is 1.38 bits per heavy atom. The lowest BCUT2D eigenvalue weighted by molar-refractivity contribution is -0.384. The normalized spacial score (nSPS) is 17.8. The highest BCUT2D eigenvalue weighted by Gasteiger charge is 2.35. The second-order valence-electron chi connectivity index (χ2n) is 5.90. The summed E-state index contributed by atoms with van der Waals surface area (Å²) in [6.07, 6.45) is 3.39. The second-order valence-corrected chi connectivity index (χ2v) is 5.90. The Bertz CT molecular complexity index is 538. The third-order valence-electron chi connectivity index (χ3n) is 4.76. The lowest BCUT2D eigenvalue weighted by Gasteiger charge is -2.26. The molecule has 0 unspecified atom stereocenters. The fourth-order valence-electron chi connectivity index (χ4n) is 3.08. The van der Waals surface area contributed by atoms with E-state index in [0.29, 0.717) is 17.5 Å². The van der Waals surface area contributed by atoms with E-state index in [1.165, 1.54) is 12.1 Å². The molecule has 0 amide bonds. The Morgan fingerprint density at radius 2 is 2.10 bits per heavy atom. The van der Waals surface area contributed by atoms with Crippen LogP contribution in [0.5, 0.6) is 0 Å². The number of rotatable bonds is 6. The number of likely N-dealkylation sites (tertiary alicyclic amines) is 1. The van der Waals surface area contributed by atoms with Crippen LogP contribution in [0.3, 0.4) is 0 Å². The van der Waals surface area contributed by atoms with Crippen LogP contribution in [-0.2, 0) is 0 Å². The lowest BCUT2D eigenvalue weighted by atomic mass is 9.82. The molecule has 0 spiro atoms. The molecule has 0 bridgehead atoms. The van der Waals surface area contributed by atoms with Gasteiger partial charge >= 0.3 is 0 Å². The Balaban J connectivity index is 2.03. The van der Waals surface area contributed by atoms with Crippen LogP contribution in [0.4, 0.5) is 5.69 Å². The van der Waals surface area contributed by atoms with E-state index in [1.54, 1.807) is 12.1 Å². The van der Waals surface area contributed by atoms with E-state index in [-0.39, 0.29) is 11.5 Å². The van der Waals surface area contributed by atoms with Crippen molar-refractivity contribution in [3.05, 3.63) is 39.9 Å². The van der Waals surface area contributed by atoms with Gasteiger partial charge in [0.25, 0.3) is 5.69 Å². The summed E-state index contributed by atoms with van der Waals surface area (Å²) in [4.78, 5) is 24.8. The van der Waals surface area contributed by atoms with Gasteiger partial charge in [-0.3, -0.25) is 19.8 Å². The van der Waals surface area contributed by atoms with Gasteiger partial charge in [-0.1, -0.05) is 26.0 Å². The van der Waals surface area contributed by atoms with Crippen LogP contribution in [0.25, 0.3) is 0 Å². The van der Waals surface area contributed by atoms with Gasteiger partial charge in [0.15, 0.2) is 5.78 Å². The highest BCUT2D eigenvalue weighted by molar-refractivity contribution is 5.98. The summed E-state index contributed by atoms with van der Waals surface area (Å²) in [7, 11) is 0. The number of non-ortho nitro benzene ring substituents is 1. The molecule has 1 aromatic rings. The highest BCUT2D eigenvalue weighted by Crippen LogP contribution is 2.36. The van der Waals surface area contributed by atoms with Gasteiger partial charge in [-0.25, -0.2) is 0 Å². The van der Waals surface area contributed by atoms with Crippen LogP contribution in [0.15, 0.2) is 24.3 Å². The third kappa shape index (κ3) is 3.47. The molecule has 0 N–H and O–H groups in total. The molecule has 0 atom stereocenters. The zero-order chi connectivity index (χ0) is 15.5. The number of benzene rings is 1. The quantitative estimate of drug-likeness (QED) is 0.458. The molecule has 114 valence electrons. The first kappa shape index (κ1) is 15.6. The number of hydrogen-bond acceptors (Lipinski definition) is 4. The molecule has 1 aliphatic rings. The molecule has 1 fully saturated rings. The number of nitro benzene ring substituents is 1. The summed E-state index contributed by atoms with van der Waals surface area (Å²) in [5, 5.41) is 10.8. The van der Waals surface area contributed by atoms with E-state index in [2.05, 4.69) is 18.7 Å². The van der Waals surface area contributed by atoms with Gasteiger partial charge in [-0.15, -0.1) is 0 Å². The minimum absolute atomic E-state index is 0.0289. The number of carbonyl (C=O) groups is 1. The van der Waals surface area contributed by atoms with E-state index in [1.807, 2.05) is 0 Å². The average molecular weight is 290 g/mol. The Hall–Kier alpha value is -1.75. The fourth-order valence-corrected chi connectivity index (χ4v) is 3.08. The fraction of sp³-hybridized carbons (Fsp3) is 0.562. The zero-order valence-electron chi connectivity index (χ0n) is 12.7. The Morgan fingerprint density at radius 3 is 2.67 bits per heavy atom. The van der Waals surface area contributed by atoms with Gasteiger partial charge in [0.05, 0.1) is 11.5 Å². The summed E-state index contributed by atoms with van der Waals surface area (Å²) < 4.78 is 0. The number of hydrogen-bond donors (Lipinski definition) is 0. The van der Waals surface area contributed by atoms with Crippen molar-refractivity contribution in [2.75, 3.05) is 19.6 Å². The summed E-state index contributed by atoms with van der Waals surface area (Å²) in [5.74, 6) is -0.0401. The maximum absolute atomic E-state index is 12.3. The summed E-state index contributed by atoms with van der Waals surface area (Å²) >= 11 is 0. The van der Waals surface area contributed by atoms with E-state index in [9.17, 15) is 14.9 Å². The maximum Gasteiger partial charge on any atom is 0.270 e. The van der Waals surface area contributed by atoms with Gasteiger partial charge in [0.2, 0.25) is 0 Å². The van der Waals surface area contributed by atoms with Crippen molar-refractivity contribution in [1.29, 1.82) is 0 Å². The summed E-state index contributed by atoms with van der Waals surface area (Å²) in [6.45, 7) is 6.64. The minimum Gasteiger partial charge on any atom is -0.295 e. The molecule has 21 heavy (non-hydrogen) atoms. The predicted molar refractivity (Wildman–Crippen MR) is 81.5 cm³/mol. The minimum atomic E-state index is -0.466. The molecule has 5 heteroatoms. The van der Waals surface area contributed by atoms with Crippen LogP contribution in [0.2, 0.25) is 0 Å². The molecular formula is C16H22N2O3. The molecule has 1 aliphatic heterocycles. The van der Waals surface area contributed by atoms with Crippen molar-refractivity contribution in [2.24, 2.45) is 5.41 Å². The molecule has 2 rings (SSSR count). The highest BCUT2D eigenvalue weighted by atomic mass is 16.6. The van der Waals surface area contributed by atoms with Crippen LogP contribution >= 0.6 is 0 Å². The first-order chi connectivity index (χ1) is 9.99. The van der Waals surface area contributed by atoms with Crippen molar-refractivity contribution in [2.45, 2.75) is 33.1 Å². The molecule has 0 saturated carbocycles. The molecule has 1 heterocycles. The number of nitrogens with zero attached hydrogens (tertiary/aromatic N) is 2. The molecule has 5 nitrogen and oxygen atoms in total. The predicted octanol–water partition coefficient (Wildman–Crippen LogP) is 3.29. The van der Waals surface area contributed by atoms with E-state index >= 15 is 0 Å². The largest absolute Gasteiger partial charge is 0.295 e. The zero-order valence-corrected chi connectivity index (χ0v) is 12.7. The maximum atomic E-state index is 12.3. The Labute approximate surface area is 125 Å². The van der Waals surface area contributed by atoms with E-state index in [4.69, 9.17) is 0 Å². The number of ketones is 1. The van der Waals surface area contributed by atoms with Crippen molar-refractivity contribution in [3.8, 4) is 0 Å². The number of nitro groups is 1. The van der Waals surface area contributed by atoms with Crippen LogP contribution in [0.1, 0.15) is 43.5 Å². The Kier molecular flexibility index (Phi) is 4.73. The van der Waals surface area contributed by atoms with Crippen LogP contribution in [0, 0.1) is 15.5 Å². The SMILES string of the molecule is CCC1(CC)CCN(CC(=O)c2cccc([N+](=O)[O-])c2)C1. The van der Waals surface area contributed by atoms with Crippen molar-refractivity contribution >= 4 is 11.5 Å². The first-order valence-corrected chi connectivity index (χ1v) is 7.49. The van der Waals surface area contributed by atoms with E-state index in [0.717, 1.165) is 32.4 Å². The first-order valence-electron chi connectivity index (χ1n) is 7.49. The van der Waals surface area contributed by atoms with Crippen LogP contribution in [-0.4, -0.2) is 35.2 Å². The lowest BCUT2D eigenvalue weighted by Crippen LogP contribution is -2.31. The summed E-state index contributed by atoms with van der Waals surface area (Å²) in [6, 6.07) is 5.99. The average Bonchev–Trinajstić information content (AvgIpc) is 2.91. The monoisotopic (exact) mass is 290 g/mol. The van der Waals surface area contributed by atoms with Crippen molar-refractivity contribution in [3.63, 3.8) is 0 Å². The van der Waals surface area contributed by atoms with Crippen LogP contribution < -0.4 is 0 Å². The molecule has 1 saturated heterocycles. The van der Waals surface area contributed by atoms with Gasteiger partial charge in [0, 0.05) is 24.2 Å². The molecule has 1 aromatic carbocycles. The number of carbonyl (C=O) groups excluding carboxylic acids is 1. The molecule has 0 aromatic heterocycles. The second kappa shape index (κ2) is 6.35. The van der Waals surface area contributed by atoms with Crippen molar-refractivity contribution in [1.82, 2.24) is 4.90 Å². The summed E-state index contributed by atoms with van der Waals surface area (Å²) in [5.41, 5.74) is 0.733. The van der Waals surface area contributed by atoms with Gasteiger partial charge in [-0.05, 0) is 31.2 Å². The van der Waals surface area contributed by atoms with Gasteiger partial charge in [-0.2, -0.15) is 0 Å². The van der Waals surface area contributed by atoms with Crippen molar-refractivity contribution < 1.29 is 9.72 Å². The topological polar surface area (TPSA) is 63.5 Å². The molecular weight excluding hydrogens is 268 g/mol. The third-order valence-corrected chi connectivity index (χ3v) is 4.76. The van der Waals surface area contributed by atoms with Gasteiger partial charge < -0.3 is 0 Å². The standard InChI is InChI=1S/C16H22N2O3/c1-3-16(4-2)8-9-17(12-16)11-15(19)13-6-5-7-14(10-13)18(20)21/h5-7,10H,3-4,8-9,11-12H2,1-2H3. The molecule has 0 radical (unpaired) electrons. The van der Waals surface area contributed by atoms with Gasteiger partial charge in [0.1, 0.15) is 0 Å². The number of Topliss-reactive ketones (excluding diaryl/α,β-unsaturated/α-hetero) is 1. The van der Waals surface area contributed by atoms with E-state index < -0.39 is 4.92 Å². The molecule has 0 aliphatic carbocycles.